The summed E-state index contributed by atoms with van der Waals surface area (Å²) < 4.78 is 12.8. The third kappa shape index (κ3) is 7.13. The van der Waals surface area contributed by atoms with Gasteiger partial charge in [-0.1, -0.05) is 0 Å². The molecule has 39 heavy (non-hydrogen) atoms. The van der Waals surface area contributed by atoms with E-state index in [0.717, 1.165) is 18.5 Å². The molecule has 0 saturated heterocycles. The lowest BCUT2D eigenvalue weighted by Crippen LogP contribution is -2.45. The van der Waals surface area contributed by atoms with Crippen molar-refractivity contribution in [2.75, 3.05) is 17.3 Å². The zero-order chi connectivity index (χ0) is 29.2. The lowest BCUT2D eigenvalue weighted by molar-refractivity contribution is -0.122. The largest absolute Gasteiger partial charge is 0.495 e. The SMILES string of the molecule is COc1c(I)cc(CC(Nc2nc3ccc(N(C(=O)O)C(C)(C)C)c(C)c3c(=O)o2)C(=O)NC(C)C)cc1I. The van der Waals surface area contributed by atoms with Gasteiger partial charge in [-0.25, -0.2) is 9.59 Å². The van der Waals surface area contributed by atoms with Crippen molar-refractivity contribution >= 4 is 79.8 Å². The number of carboxylic acid groups (broad SMARTS) is 1. The molecule has 0 spiro atoms. The van der Waals surface area contributed by atoms with Crippen molar-refractivity contribution in [2.24, 2.45) is 0 Å². The summed E-state index contributed by atoms with van der Waals surface area (Å²) in [5.74, 6) is 0.491. The fourth-order valence-electron chi connectivity index (χ4n) is 4.27. The highest BCUT2D eigenvalue weighted by Gasteiger charge is 2.30. The molecule has 12 heteroatoms. The van der Waals surface area contributed by atoms with Crippen molar-refractivity contribution in [3.8, 4) is 5.75 Å². The number of nitrogens with zero attached hydrogens (tertiary/aromatic N) is 2. The summed E-state index contributed by atoms with van der Waals surface area (Å²) in [7, 11) is 1.61. The van der Waals surface area contributed by atoms with Gasteiger partial charge in [0.2, 0.25) is 5.91 Å². The number of methoxy groups -OCH3 is 1. The summed E-state index contributed by atoms with van der Waals surface area (Å²) in [4.78, 5) is 43.9. The second-order valence-electron chi connectivity index (χ2n) is 10.4. The molecule has 0 saturated carbocycles. The molecule has 0 radical (unpaired) electrons. The van der Waals surface area contributed by atoms with Crippen molar-refractivity contribution in [2.45, 2.75) is 65.6 Å². The Hall–Kier alpha value is -2.62. The third-order valence-electron chi connectivity index (χ3n) is 5.88. The molecule has 2 aromatic carbocycles. The van der Waals surface area contributed by atoms with Crippen LogP contribution in [0.5, 0.6) is 5.75 Å². The minimum atomic E-state index is -1.14. The second kappa shape index (κ2) is 12.3. The number of ether oxygens (including phenoxy) is 1. The average Bonchev–Trinajstić information content (AvgIpc) is 2.78. The van der Waals surface area contributed by atoms with Gasteiger partial charge >= 0.3 is 11.7 Å². The van der Waals surface area contributed by atoms with E-state index in [1.807, 2.05) is 26.0 Å². The molecule has 1 unspecified atom stereocenters. The molecule has 3 rings (SSSR count). The maximum Gasteiger partial charge on any atom is 0.412 e. The van der Waals surface area contributed by atoms with Gasteiger partial charge in [-0.2, -0.15) is 4.98 Å². The Balaban J connectivity index is 2.03. The van der Waals surface area contributed by atoms with E-state index in [-0.39, 0.29) is 23.3 Å². The monoisotopic (exact) mass is 762 g/mol. The molecule has 1 heterocycles. The highest BCUT2D eigenvalue weighted by Crippen LogP contribution is 2.32. The summed E-state index contributed by atoms with van der Waals surface area (Å²) in [6, 6.07) is 6.09. The van der Waals surface area contributed by atoms with Crippen LogP contribution in [0.4, 0.5) is 16.5 Å². The number of carbonyl (C=O) groups is 2. The molecule has 0 aliphatic carbocycles. The van der Waals surface area contributed by atoms with Gasteiger partial charge in [0.15, 0.2) is 0 Å². The van der Waals surface area contributed by atoms with Gasteiger partial charge in [0.25, 0.3) is 6.01 Å². The number of carbonyl (C=O) groups excluding carboxylic acids is 1. The van der Waals surface area contributed by atoms with E-state index in [1.165, 1.54) is 4.90 Å². The number of aromatic nitrogens is 1. The van der Waals surface area contributed by atoms with Crippen LogP contribution in [0.15, 0.2) is 33.5 Å². The zero-order valence-electron chi connectivity index (χ0n) is 22.8. The molecule has 0 bridgehead atoms. The van der Waals surface area contributed by atoms with Gasteiger partial charge in [0.1, 0.15) is 11.8 Å². The maximum absolute atomic E-state index is 13.1. The highest BCUT2D eigenvalue weighted by atomic mass is 127. The predicted molar refractivity (Wildman–Crippen MR) is 168 cm³/mol. The molecule has 210 valence electrons. The number of amides is 2. The number of anilines is 2. The fourth-order valence-corrected chi connectivity index (χ4v) is 6.61. The van der Waals surface area contributed by atoms with E-state index in [2.05, 4.69) is 60.8 Å². The number of nitrogens with one attached hydrogen (secondary N) is 2. The molecular weight excluding hydrogens is 730 g/mol. The summed E-state index contributed by atoms with van der Waals surface area (Å²) in [6.07, 6.45) is -0.836. The van der Waals surface area contributed by atoms with Crippen LogP contribution < -0.4 is 25.9 Å². The number of fused-ring (bicyclic) bond motifs is 1. The lowest BCUT2D eigenvalue weighted by Gasteiger charge is -2.34. The van der Waals surface area contributed by atoms with Crippen molar-refractivity contribution < 1.29 is 23.8 Å². The van der Waals surface area contributed by atoms with Crippen LogP contribution in [0.25, 0.3) is 10.9 Å². The first kappa shape index (κ1) is 30.9. The van der Waals surface area contributed by atoms with Crippen LogP contribution in [0.2, 0.25) is 0 Å². The molecule has 3 aromatic rings. The highest BCUT2D eigenvalue weighted by molar-refractivity contribution is 14.1. The predicted octanol–water partition coefficient (Wildman–Crippen LogP) is 5.54. The molecule has 1 atom stereocenters. The minimum absolute atomic E-state index is 0.101. The number of hydrogen-bond donors (Lipinski definition) is 3. The van der Waals surface area contributed by atoms with Crippen LogP contribution in [-0.4, -0.2) is 46.8 Å². The number of rotatable bonds is 8. The molecule has 2 amide bonds. The Morgan fingerprint density at radius 3 is 2.31 bits per heavy atom. The molecule has 0 fully saturated rings. The Morgan fingerprint density at radius 2 is 1.79 bits per heavy atom. The topological polar surface area (TPSA) is 134 Å². The molecule has 0 aliphatic heterocycles. The Morgan fingerprint density at radius 1 is 1.18 bits per heavy atom. The number of halogens is 2. The van der Waals surface area contributed by atoms with E-state index in [9.17, 15) is 19.5 Å². The summed E-state index contributed by atoms with van der Waals surface area (Å²) >= 11 is 4.38. The van der Waals surface area contributed by atoms with Crippen molar-refractivity contribution in [3.05, 3.63) is 53.0 Å². The van der Waals surface area contributed by atoms with Crippen molar-refractivity contribution in [3.63, 3.8) is 0 Å². The smallest absolute Gasteiger partial charge is 0.412 e. The van der Waals surface area contributed by atoms with E-state index < -0.39 is 23.3 Å². The normalized spacial score (nSPS) is 12.4. The number of aryl methyl sites for hydroxylation is 1. The third-order valence-corrected chi connectivity index (χ3v) is 7.48. The Labute approximate surface area is 254 Å². The summed E-state index contributed by atoms with van der Waals surface area (Å²) in [6.45, 7) is 10.7. The van der Waals surface area contributed by atoms with E-state index in [4.69, 9.17) is 9.15 Å². The first-order valence-electron chi connectivity index (χ1n) is 12.2. The first-order chi connectivity index (χ1) is 18.1. The second-order valence-corrected chi connectivity index (χ2v) is 12.7. The van der Waals surface area contributed by atoms with Crippen LogP contribution in [-0.2, 0) is 11.2 Å². The minimum Gasteiger partial charge on any atom is -0.495 e. The van der Waals surface area contributed by atoms with Gasteiger partial charge < -0.3 is 24.9 Å². The molecule has 0 aliphatic rings. The molecule has 10 nitrogen and oxygen atoms in total. The van der Waals surface area contributed by atoms with E-state index in [0.29, 0.717) is 23.2 Å². The van der Waals surface area contributed by atoms with Crippen LogP contribution in [0.3, 0.4) is 0 Å². The standard InChI is InChI=1S/C27H32I2N4O6/c1-13(2)30-23(34)19(12-15-10-16(28)22(38-7)17(29)11-15)32-25-31-18-8-9-20(14(3)21(18)24(35)39-25)33(26(36)37)27(4,5)6/h8-11,13,19H,12H2,1-7H3,(H,30,34)(H,31,32)(H,36,37). The quantitative estimate of drug-likeness (QED) is 0.255. The van der Waals surface area contributed by atoms with Crippen molar-refractivity contribution in [1.29, 1.82) is 0 Å². The number of hydrogen-bond acceptors (Lipinski definition) is 7. The van der Waals surface area contributed by atoms with Crippen LogP contribution in [0.1, 0.15) is 45.7 Å². The molecule has 3 N–H and O–H groups in total. The summed E-state index contributed by atoms with van der Waals surface area (Å²) in [5.41, 5.74) is 0.598. The Bertz CT molecular complexity index is 1440. The van der Waals surface area contributed by atoms with Gasteiger partial charge in [0, 0.05) is 18.0 Å². The van der Waals surface area contributed by atoms with Crippen LogP contribution >= 0.6 is 45.2 Å². The summed E-state index contributed by atoms with van der Waals surface area (Å²) in [5, 5.41) is 15.9. The zero-order valence-corrected chi connectivity index (χ0v) is 27.1. The van der Waals surface area contributed by atoms with Gasteiger partial charge in [-0.05, 0) is 122 Å². The lowest BCUT2D eigenvalue weighted by atomic mass is 10.0. The fraction of sp³-hybridized carbons (Fsp3) is 0.407. The van der Waals surface area contributed by atoms with Gasteiger partial charge in [-0.3, -0.25) is 9.69 Å². The van der Waals surface area contributed by atoms with E-state index >= 15 is 0 Å². The maximum atomic E-state index is 13.1. The average molecular weight is 762 g/mol. The van der Waals surface area contributed by atoms with Crippen LogP contribution in [0, 0.1) is 14.1 Å². The van der Waals surface area contributed by atoms with Gasteiger partial charge in [-0.15, -0.1) is 0 Å². The van der Waals surface area contributed by atoms with Gasteiger partial charge in [0.05, 0.1) is 30.8 Å². The molecular formula is C27H32I2N4O6. The Kier molecular flexibility index (Phi) is 9.73. The number of benzene rings is 2. The van der Waals surface area contributed by atoms with Crippen molar-refractivity contribution in [1.82, 2.24) is 10.3 Å². The first-order valence-corrected chi connectivity index (χ1v) is 14.4. The van der Waals surface area contributed by atoms with E-state index in [1.54, 1.807) is 46.9 Å². The molecule has 1 aromatic heterocycles.